The Labute approximate surface area is 131 Å². The largest absolute Gasteiger partial charge is 0.460 e. The summed E-state index contributed by atoms with van der Waals surface area (Å²) in [5.41, 5.74) is 0. The van der Waals surface area contributed by atoms with Gasteiger partial charge in [-0.15, -0.1) is 0 Å². The van der Waals surface area contributed by atoms with Gasteiger partial charge in [0, 0.05) is 6.92 Å². The number of amides is 3. The molecule has 1 aliphatic heterocycles. The molecule has 2 rings (SSSR count). The molecule has 0 radical (unpaired) electrons. The Balaban J connectivity index is 1.98. The molecular weight excluding hydrogens is 284 g/mol. The lowest BCUT2D eigenvalue weighted by Gasteiger charge is -2.37. The SMILES string of the molecule is CC(=O)N1C[C@@H](C(=O)O[C@H]2C[C@@H](C)CC[C@@H]2C(C)C)NC1=O. The van der Waals surface area contributed by atoms with Gasteiger partial charge in [0.2, 0.25) is 5.91 Å². The molecular formula is C16H26N2O4. The van der Waals surface area contributed by atoms with Crippen LogP contribution in [0.15, 0.2) is 0 Å². The molecule has 1 heterocycles. The quantitative estimate of drug-likeness (QED) is 0.808. The van der Waals surface area contributed by atoms with E-state index in [0.29, 0.717) is 17.8 Å². The number of rotatable bonds is 3. The standard InChI is InChI=1S/C16H26N2O4/c1-9(2)12-6-5-10(3)7-14(12)22-15(20)13-8-18(11(4)19)16(21)17-13/h9-10,12-14H,5-8H2,1-4H3,(H,17,21)/t10-,12+,13-,14-/m0/s1. The number of nitrogens with zero attached hydrogens (tertiary/aromatic N) is 1. The minimum absolute atomic E-state index is 0.0572. The van der Waals surface area contributed by atoms with Crippen LogP contribution in [-0.2, 0) is 14.3 Å². The van der Waals surface area contributed by atoms with Crippen LogP contribution in [0.3, 0.4) is 0 Å². The van der Waals surface area contributed by atoms with Crippen molar-refractivity contribution in [2.75, 3.05) is 6.54 Å². The second-order valence-electron chi connectivity index (χ2n) is 6.93. The molecule has 2 aliphatic rings. The average molecular weight is 310 g/mol. The Bertz CT molecular complexity index is 463. The minimum atomic E-state index is -0.749. The van der Waals surface area contributed by atoms with Crippen LogP contribution in [0.1, 0.15) is 47.0 Å². The average Bonchev–Trinajstić information content (AvgIpc) is 2.80. The van der Waals surface area contributed by atoms with Crippen LogP contribution in [0.2, 0.25) is 0 Å². The lowest BCUT2D eigenvalue weighted by atomic mass is 9.75. The summed E-state index contributed by atoms with van der Waals surface area (Å²) in [5.74, 6) is 0.569. The first-order valence-electron chi connectivity index (χ1n) is 8.08. The van der Waals surface area contributed by atoms with Crippen LogP contribution in [0.5, 0.6) is 0 Å². The minimum Gasteiger partial charge on any atom is -0.460 e. The van der Waals surface area contributed by atoms with Crippen LogP contribution in [0, 0.1) is 17.8 Å². The van der Waals surface area contributed by atoms with Crippen molar-refractivity contribution in [1.29, 1.82) is 0 Å². The van der Waals surface area contributed by atoms with Crippen LogP contribution >= 0.6 is 0 Å². The summed E-state index contributed by atoms with van der Waals surface area (Å²) in [7, 11) is 0. The fourth-order valence-corrected chi connectivity index (χ4v) is 3.42. The summed E-state index contributed by atoms with van der Waals surface area (Å²) in [6, 6.07) is -1.27. The van der Waals surface area contributed by atoms with E-state index < -0.39 is 18.0 Å². The van der Waals surface area contributed by atoms with Crippen molar-refractivity contribution < 1.29 is 19.1 Å². The topological polar surface area (TPSA) is 75.7 Å². The number of esters is 1. The van der Waals surface area contributed by atoms with Crippen molar-refractivity contribution >= 4 is 17.9 Å². The normalized spacial score (nSPS) is 32.0. The molecule has 4 atom stereocenters. The number of carbonyl (C=O) groups is 3. The van der Waals surface area contributed by atoms with E-state index in [1.54, 1.807) is 0 Å². The molecule has 1 aliphatic carbocycles. The molecule has 1 saturated carbocycles. The van der Waals surface area contributed by atoms with E-state index >= 15 is 0 Å². The zero-order valence-corrected chi connectivity index (χ0v) is 13.8. The number of imide groups is 1. The van der Waals surface area contributed by atoms with E-state index in [1.165, 1.54) is 6.92 Å². The van der Waals surface area contributed by atoms with Crippen LogP contribution in [-0.4, -0.2) is 41.5 Å². The number of nitrogens with one attached hydrogen (secondary N) is 1. The fraction of sp³-hybridized carbons (Fsp3) is 0.812. The van der Waals surface area contributed by atoms with Crippen molar-refractivity contribution in [3.8, 4) is 0 Å². The van der Waals surface area contributed by atoms with E-state index in [-0.39, 0.29) is 18.6 Å². The van der Waals surface area contributed by atoms with Gasteiger partial charge in [-0.1, -0.05) is 27.2 Å². The van der Waals surface area contributed by atoms with Gasteiger partial charge in [0.05, 0.1) is 6.54 Å². The lowest BCUT2D eigenvalue weighted by Crippen LogP contribution is -2.42. The maximum atomic E-state index is 12.3. The monoisotopic (exact) mass is 310 g/mol. The summed E-state index contributed by atoms with van der Waals surface area (Å²) >= 11 is 0. The Morgan fingerprint density at radius 3 is 2.55 bits per heavy atom. The van der Waals surface area contributed by atoms with Gasteiger partial charge in [-0.2, -0.15) is 0 Å². The molecule has 2 fully saturated rings. The molecule has 6 nitrogen and oxygen atoms in total. The van der Waals surface area contributed by atoms with E-state index in [4.69, 9.17) is 4.74 Å². The summed E-state index contributed by atoms with van der Waals surface area (Å²) in [6.07, 6.45) is 2.99. The highest BCUT2D eigenvalue weighted by molar-refractivity contribution is 5.98. The Morgan fingerprint density at radius 1 is 1.32 bits per heavy atom. The maximum Gasteiger partial charge on any atom is 0.330 e. The molecule has 0 aromatic carbocycles. The van der Waals surface area contributed by atoms with E-state index in [1.807, 2.05) is 0 Å². The van der Waals surface area contributed by atoms with Gasteiger partial charge in [-0.3, -0.25) is 9.69 Å². The van der Waals surface area contributed by atoms with E-state index in [9.17, 15) is 14.4 Å². The fourth-order valence-electron chi connectivity index (χ4n) is 3.42. The number of hydrogen-bond acceptors (Lipinski definition) is 4. The number of carbonyl (C=O) groups excluding carboxylic acids is 3. The third kappa shape index (κ3) is 3.59. The van der Waals surface area contributed by atoms with Crippen molar-refractivity contribution in [2.45, 2.75) is 59.1 Å². The zero-order chi connectivity index (χ0) is 16.4. The third-order valence-corrected chi connectivity index (χ3v) is 4.80. The third-order valence-electron chi connectivity index (χ3n) is 4.80. The summed E-state index contributed by atoms with van der Waals surface area (Å²) in [6.45, 7) is 7.84. The molecule has 22 heavy (non-hydrogen) atoms. The molecule has 124 valence electrons. The number of ether oxygens (including phenoxy) is 1. The first-order chi connectivity index (χ1) is 10.3. The van der Waals surface area contributed by atoms with E-state index in [0.717, 1.165) is 24.2 Å². The highest BCUT2D eigenvalue weighted by Crippen LogP contribution is 2.35. The van der Waals surface area contributed by atoms with Gasteiger partial charge in [-0.25, -0.2) is 9.59 Å². The van der Waals surface area contributed by atoms with Gasteiger partial charge in [0.15, 0.2) is 0 Å². The number of hydrogen-bond donors (Lipinski definition) is 1. The summed E-state index contributed by atoms with van der Waals surface area (Å²) in [5, 5.41) is 2.52. The van der Waals surface area contributed by atoms with E-state index in [2.05, 4.69) is 26.1 Å². The molecule has 0 bridgehead atoms. The van der Waals surface area contributed by atoms with Gasteiger partial charge in [-0.05, 0) is 30.6 Å². The van der Waals surface area contributed by atoms with Crippen LogP contribution in [0.25, 0.3) is 0 Å². The molecule has 0 aromatic rings. The molecule has 3 amide bonds. The van der Waals surface area contributed by atoms with Gasteiger partial charge < -0.3 is 10.1 Å². The highest BCUT2D eigenvalue weighted by atomic mass is 16.5. The zero-order valence-electron chi connectivity index (χ0n) is 13.8. The maximum absolute atomic E-state index is 12.3. The first-order valence-corrected chi connectivity index (χ1v) is 8.08. The van der Waals surface area contributed by atoms with Crippen LogP contribution < -0.4 is 5.32 Å². The smallest absolute Gasteiger partial charge is 0.330 e. The molecule has 1 saturated heterocycles. The van der Waals surface area contributed by atoms with Gasteiger partial charge in [0.25, 0.3) is 0 Å². The van der Waals surface area contributed by atoms with Crippen molar-refractivity contribution in [2.24, 2.45) is 17.8 Å². The molecule has 1 N–H and O–H groups in total. The molecule has 0 aromatic heterocycles. The van der Waals surface area contributed by atoms with Crippen molar-refractivity contribution in [1.82, 2.24) is 10.2 Å². The molecule has 0 spiro atoms. The predicted molar refractivity (Wildman–Crippen MR) is 80.9 cm³/mol. The van der Waals surface area contributed by atoms with Crippen LogP contribution in [0.4, 0.5) is 4.79 Å². The van der Waals surface area contributed by atoms with Crippen molar-refractivity contribution in [3.63, 3.8) is 0 Å². The lowest BCUT2D eigenvalue weighted by molar-refractivity contribution is -0.157. The second-order valence-corrected chi connectivity index (χ2v) is 6.93. The predicted octanol–water partition coefficient (Wildman–Crippen LogP) is 1.93. The first kappa shape index (κ1) is 16.8. The number of urea groups is 1. The Morgan fingerprint density at radius 2 is 2.00 bits per heavy atom. The van der Waals surface area contributed by atoms with Gasteiger partial charge >= 0.3 is 12.0 Å². The molecule has 0 unspecified atom stereocenters. The van der Waals surface area contributed by atoms with Crippen molar-refractivity contribution in [3.05, 3.63) is 0 Å². The van der Waals surface area contributed by atoms with Gasteiger partial charge in [0.1, 0.15) is 12.1 Å². The summed E-state index contributed by atoms with van der Waals surface area (Å²) in [4.78, 5) is 36.3. The highest BCUT2D eigenvalue weighted by Gasteiger charge is 2.40. The second kappa shape index (κ2) is 6.67. The Kier molecular flexibility index (Phi) is 5.08. The Hall–Kier alpha value is -1.59. The summed E-state index contributed by atoms with van der Waals surface area (Å²) < 4.78 is 5.70. The molecule has 6 heteroatoms.